The number of carbonyl (C=O) groups is 3. The Balaban J connectivity index is 1.69. The normalized spacial score (nSPS) is 12.0. The van der Waals surface area contributed by atoms with Crippen LogP contribution in [0.1, 0.15) is 105 Å². The van der Waals surface area contributed by atoms with Gasteiger partial charge in [0.25, 0.3) is 0 Å². The number of hydrogen-bond acceptors (Lipinski definition) is 6. The van der Waals surface area contributed by atoms with Crippen LogP contribution >= 0.6 is 0 Å². The number of hydrogen-bond donors (Lipinski definition) is 1. The van der Waals surface area contributed by atoms with Crippen LogP contribution < -0.4 is 4.74 Å². The number of benzene rings is 3. The molecule has 0 saturated heterocycles. The Hall–Kier alpha value is -4.18. The highest BCUT2D eigenvalue weighted by molar-refractivity contribution is 5.94. The minimum absolute atomic E-state index is 0.0313. The summed E-state index contributed by atoms with van der Waals surface area (Å²) in [4.78, 5) is 36.8. The summed E-state index contributed by atoms with van der Waals surface area (Å²) in [5.74, 6) is -2.16. The molecule has 0 amide bonds. The van der Waals surface area contributed by atoms with Crippen molar-refractivity contribution in [3.8, 4) is 28.0 Å². The number of carboxylic acids is 1. The van der Waals surface area contributed by atoms with Crippen LogP contribution in [0.15, 0.2) is 66.7 Å². The molecule has 260 valence electrons. The Bertz CT molecular complexity index is 1450. The fourth-order valence-electron chi connectivity index (χ4n) is 5.24. The zero-order chi connectivity index (χ0) is 34.9. The number of carboxylic acid groups (broad SMARTS) is 1. The maximum atomic E-state index is 13.5. The van der Waals surface area contributed by atoms with E-state index in [0.717, 1.165) is 19.3 Å². The van der Waals surface area contributed by atoms with Gasteiger partial charge in [-0.2, -0.15) is 13.2 Å². The molecule has 0 aliphatic carbocycles. The molecule has 0 aliphatic heterocycles. The Kier molecular flexibility index (Phi) is 15.6. The van der Waals surface area contributed by atoms with Gasteiger partial charge in [0.05, 0.1) is 11.1 Å². The van der Waals surface area contributed by atoms with E-state index >= 15 is 0 Å². The molecule has 3 aromatic rings. The molecule has 0 fully saturated rings. The largest absolute Gasteiger partial charge is 0.478 e. The highest BCUT2D eigenvalue weighted by Crippen LogP contribution is 2.35. The summed E-state index contributed by atoms with van der Waals surface area (Å²) in [6.45, 7) is 4.43. The van der Waals surface area contributed by atoms with Crippen molar-refractivity contribution in [3.63, 3.8) is 0 Å². The first-order valence-electron chi connectivity index (χ1n) is 16.7. The quantitative estimate of drug-likeness (QED) is 0.0726. The molecular formula is C38H45F3O7. The minimum atomic E-state index is -4.73. The van der Waals surface area contributed by atoms with Gasteiger partial charge in [-0.05, 0) is 84.8 Å². The molecule has 10 heteroatoms. The van der Waals surface area contributed by atoms with Gasteiger partial charge < -0.3 is 19.3 Å². The van der Waals surface area contributed by atoms with Crippen molar-refractivity contribution >= 4 is 17.9 Å². The molecule has 48 heavy (non-hydrogen) atoms. The van der Waals surface area contributed by atoms with Crippen LogP contribution in [0.25, 0.3) is 22.3 Å². The Morgan fingerprint density at radius 3 is 1.92 bits per heavy atom. The highest BCUT2D eigenvalue weighted by Gasteiger charge is 2.42. The van der Waals surface area contributed by atoms with E-state index < -0.39 is 30.6 Å². The van der Waals surface area contributed by atoms with Crippen molar-refractivity contribution in [2.45, 2.75) is 96.8 Å². The van der Waals surface area contributed by atoms with Gasteiger partial charge in [0.2, 0.25) is 0 Å². The van der Waals surface area contributed by atoms with Crippen molar-refractivity contribution < 1.29 is 46.9 Å². The van der Waals surface area contributed by atoms with Crippen LogP contribution in [-0.4, -0.2) is 48.5 Å². The van der Waals surface area contributed by atoms with Gasteiger partial charge in [0.1, 0.15) is 5.75 Å². The molecule has 0 spiro atoms. The standard InChI is InChI=1S/C38H45F3O7/c1-3-5-6-7-8-9-10-11-14-35(42)47-31-22-19-27(20-23-31)32-24-21-30(36(43)44)26-33(32)28-15-17-29(18-16-28)37(45)48-34(38(39,40)41)13-12-25-46-4-2/h15-24,26,34H,3-14,25H2,1-2H3,(H,43,44)/t34-/m1/s1. The minimum Gasteiger partial charge on any atom is -0.478 e. The van der Waals surface area contributed by atoms with Crippen LogP contribution in [0.5, 0.6) is 5.75 Å². The summed E-state index contributed by atoms with van der Waals surface area (Å²) in [5.41, 5.74) is 2.40. The van der Waals surface area contributed by atoms with E-state index in [1.165, 1.54) is 68.5 Å². The molecule has 0 radical (unpaired) electrons. The average Bonchev–Trinajstić information content (AvgIpc) is 3.07. The molecular weight excluding hydrogens is 625 g/mol. The number of halogens is 3. The fourth-order valence-corrected chi connectivity index (χ4v) is 5.24. The Morgan fingerprint density at radius 2 is 1.31 bits per heavy atom. The van der Waals surface area contributed by atoms with Crippen molar-refractivity contribution in [1.29, 1.82) is 0 Å². The number of carbonyl (C=O) groups excluding carboxylic acids is 2. The highest BCUT2D eigenvalue weighted by atomic mass is 19.4. The van der Waals surface area contributed by atoms with E-state index in [0.29, 0.717) is 41.0 Å². The number of rotatable bonds is 20. The van der Waals surface area contributed by atoms with Crippen molar-refractivity contribution in [1.82, 2.24) is 0 Å². The summed E-state index contributed by atoms with van der Waals surface area (Å²) in [6, 6.07) is 17.2. The van der Waals surface area contributed by atoms with Crippen LogP contribution in [0, 0.1) is 0 Å². The van der Waals surface area contributed by atoms with Gasteiger partial charge in [0.15, 0.2) is 6.10 Å². The average molecular weight is 671 g/mol. The van der Waals surface area contributed by atoms with Crippen LogP contribution in [0.2, 0.25) is 0 Å². The molecule has 1 N–H and O–H groups in total. The number of alkyl halides is 3. The second-order valence-electron chi connectivity index (χ2n) is 11.6. The van der Waals surface area contributed by atoms with E-state index in [1.54, 1.807) is 37.3 Å². The summed E-state index contributed by atoms with van der Waals surface area (Å²) in [7, 11) is 0. The lowest BCUT2D eigenvalue weighted by molar-refractivity contribution is -0.206. The topological polar surface area (TPSA) is 99.1 Å². The molecule has 3 rings (SSSR count). The fraction of sp³-hybridized carbons (Fsp3) is 0.447. The predicted molar refractivity (Wildman–Crippen MR) is 178 cm³/mol. The maximum Gasteiger partial charge on any atom is 0.425 e. The zero-order valence-corrected chi connectivity index (χ0v) is 27.7. The smallest absolute Gasteiger partial charge is 0.425 e. The van der Waals surface area contributed by atoms with E-state index in [1.807, 2.05) is 0 Å². The lowest BCUT2D eigenvalue weighted by Crippen LogP contribution is -2.34. The van der Waals surface area contributed by atoms with Crippen LogP contribution in [0.4, 0.5) is 13.2 Å². The molecule has 0 heterocycles. The number of aromatic carboxylic acids is 1. The first-order valence-corrected chi connectivity index (χ1v) is 16.7. The molecule has 0 saturated carbocycles. The number of esters is 2. The van der Waals surface area contributed by atoms with E-state index in [4.69, 9.17) is 14.2 Å². The summed E-state index contributed by atoms with van der Waals surface area (Å²) < 4.78 is 56.0. The summed E-state index contributed by atoms with van der Waals surface area (Å²) >= 11 is 0. The molecule has 0 aromatic heterocycles. The first kappa shape index (κ1) is 38.3. The number of unbranched alkanes of at least 4 members (excludes halogenated alkanes) is 7. The maximum absolute atomic E-state index is 13.5. The van der Waals surface area contributed by atoms with Gasteiger partial charge in [-0.1, -0.05) is 82.2 Å². The van der Waals surface area contributed by atoms with Gasteiger partial charge in [0, 0.05) is 19.6 Å². The van der Waals surface area contributed by atoms with Gasteiger partial charge >= 0.3 is 24.1 Å². The molecule has 7 nitrogen and oxygen atoms in total. The van der Waals surface area contributed by atoms with E-state index in [9.17, 15) is 32.7 Å². The van der Waals surface area contributed by atoms with Gasteiger partial charge in [-0.3, -0.25) is 4.79 Å². The van der Waals surface area contributed by atoms with E-state index in [-0.39, 0.29) is 30.1 Å². The number of ether oxygens (including phenoxy) is 3. The monoisotopic (exact) mass is 670 g/mol. The molecule has 1 atom stereocenters. The van der Waals surface area contributed by atoms with E-state index in [2.05, 4.69) is 6.92 Å². The zero-order valence-electron chi connectivity index (χ0n) is 27.7. The first-order chi connectivity index (χ1) is 23.0. The van der Waals surface area contributed by atoms with Crippen molar-refractivity contribution in [3.05, 3.63) is 77.9 Å². The third-order valence-corrected chi connectivity index (χ3v) is 7.90. The second kappa shape index (κ2) is 19.6. The van der Waals surface area contributed by atoms with Crippen LogP contribution in [0.3, 0.4) is 0 Å². The summed E-state index contributed by atoms with van der Waals surface area (Å²) in [5, 5.41) is 9.62. The predicted octanol–water partition coefficient (Wildman–Crippen LogP) is 10.1. The third kappa shape index (κ3) is 12.4. The molecule has 0 bridgehead atoms. The third-order valence-electron chi connectivity index (χ3n) is 7.90. The van der Waals surface area contributed by atoms with Crippen molar-refractivity contribution in [2.24, 2.45) is 0 Å². The lowest BCUT2D eigenvalue weighted by atomic mass is 9.92. The van der Waals surface area contributed by atoms with Crippen molar-refractivity contribution in [2.75, 3.05) is 13.2 Å². The second-order valence-corrected chi connectivity index (χ2v) is 11.6. The van der Waals surface area contributed by atoms with Gasteiger partial charge in [-0.15, -0.1) is 0 Å². The lowest BCUT2D eigenvalue weighted by Gasteiger charge is -2.20. The van der Waals surface area contributed by atoms with Gasteiger partial charge in [-0.25, -0.2) is 9.59 Å². The SMILES string of the molecule is CCCCCCCCCCC(=O)Oc1ccc(-c2ccc(C(=O)O)cc2-c2ccc(C(=O)O[C@H](CCCOCC)C(F)(F)F)cc2)cc1. The Morgan fingerprint density at radius 1 is 0.729 bits per heavy atom. The molecule has 0 unspecified atom stereocenters. The Labute approximate surface area is 280 Å². The van der Waals surface area contributed by atoms with Crippen LogP contribution in [-0.2, 0) is 14.3 Å². The molecule has 0 aliphatic rings. The molecule has 3 aromatic carbocycles. The summed E-state index contributed by atoms with van der Waals surface area (Å²) in [6.07, 6.45) is 2.02.